The Morgan fingerprint density at radius 3 is 2.70 bits per heavy atom. The van der Waals surface area contributed by atoms with Gasteiger partial charge in [-0.2, -0.15) is 5.26 Å². The van der Waals surface area contributed by atoms with Crippen molar-refractivity contribution < 1.29 is 17.9 Å². The van der Waals surface area contributed by atoms with Gasteiger partial charge in [0.05, 0.1) is 29.9 Å². The van der Waals surface area contributed by atoms with Gasteiger partial charge in [0.1, 0.15) is 11.4 Å². The van der Waals surface area contributed by atoms with E-state index in [9.17, 15) is 18.5 Å². The van der Waals surface area contributed by atoms with Crippen molar-refractivity contribution in [2.45, 2.75) is 50.2 Å². The molecule has 33 heavy (non-hydrogen) atoms. The van der Waals surface area contributed by atoms with Crippen LogP contribution in [0.2, 0.25) is 0 Å². The van der Waals surface area contributed by atoms with E-state index in [1.807, 2.05) is 12.1 Å². The molecule has 0 bridgehead atoms. The lowest BCUT2D eigenvalue weighted by molar-refractivity contribution is -0.0208. The molecule has 172 valence electrons. The van der Waals surface area contributed by atoms with Crippen molar-refractivity contribution in [3.8, 4) is 11.8 Å². The standard InChI is InChI=1S/C25H27N3O4S/c1-33(30,31)27-19-6-8-24-21(14-19)23(29)15-25(32-24)9-11-28(12-10-25)22-4-2-3-18-13-17(16-26)5-7-20(18)22/h5-8,13-14,22,27H,2-4,9-12,15H2,1H3. The predicted molar refractivity (Wildman–Crippen MR) is 125 cm³/mol. The summed E-state index contributed by atoms with van der Waals surface area (Å²) in [6.45, 7) is 1.70. The Kier molecular flexibility index (Phi) is 5.42. The van der Waals surface area contributed by atoms with Crippen molar-refractivity contribution in [3.05, 3.63) is 58.7 Å². The van der Waals surface area contributed by atoms with Crippen LogP contribution in [-0.4, -0.2) is 44.0 Å². The number of rotatable bonds is 3. The summed E-state index contributed by atoms with van der Waals surface area (Å²) in [5.74, 6) is 0.527. The third-order valence-corrected chi connectivity index (χ3v) is 7.70. The summed E-state index contributed by atoms with van der Waals surface area (Å²) in [4.78, 5) is 15.5. The first-order valence-electron chi connectivity index (χ1n) is 11.4. The molecular weight excluding hydrogens is 438 g/mol. The number of likely N-dealkylation sites (tertiary alicyclic amines) is 1. The molecule has 8 heteroatoms. The molecule has 0 aromatic heterocycles. The van der Waals surface area contributed by atoms with E-state index in [1.165, 1.54) is 11.1 Å². The second-order valence-electron chi connectivity index (χ2n) is 9.44. The van der Waals surface area contributed by atoms with E-state index in [0.29, 0.717) is 29.5 Å². The second kappa shape index (κ2) is 8.15. The van der Waals surface area contributed by atoms with Crippen LogP contribution in [0.1, 0.15) is 65.2 Å². The Bertz CT molecular complexity index is 1260. The number of ether oxygens (including phenoxy) is 1. The lowest BCUT2D eigenvalue weighted by Crippen LogP contribution is -2.51. The number of ketones is 1. The monoisotopic (exact) mass is 465 g/mol. The van der Waals surface area contributed by atoms with Crippen molar-refractivity contribution in [1.29, 1.82) is 5.26 Å². The molecule has 1 unspecified atom stereocenters. The number of hydrogen-bond donors (Lipinski definition) is 1. The summed E-state index contributed by atoms with van der Waals surface area (Å²) >= 11 is 0. The molecule has 2 aromatic rings. The fourth-order valence-corrected chi connectivity index (χ4v) is 6.09. The van der Waals surface area contributed by atoms with Gasteiger partial charge in [0.25, 0.3) is 0 Å². The third-order valence-electron chi connectivity index (χ3n) is 7.10. The van der Waals surface area contributed by atoms with Gasteiger partial charge in [-0.3, -0.25) is 14.4 Å². The zero-order valence-electron chi connectivity index (χ0n) is 18.6. The maximum atomic E-state index is 13.0. The Morgan fingerprint density at radius 1 is 1.18 bits per heavy atom. The minimum Gasteiger partial charge on any atom is -0.486 e. The summed E-state index contributed by atoms with van der Waals surface area (Å²) in [6, 6.07) is 13.5. The van der Waals surface area contributed by atoms with Gasteiger partial charge in [-0.15, -0.1) is 0 Å². The fraction of sp³-hybridized carbons (Fsp3) is 0.440. The van der Waals surface area contributed by atoms with E-state index in [0.717, 1.165) is 57.0 Å². The number of carbonyl (C=O) groups is 1. The van der Waals surface area contributed by atoms with E-state index in [2.05, 4.69) is 21.8 Å². The number of nitriles is 1. The van der Waals surface area contributed by atoms with E-state index in [4.69, 9.17) is 4.74 Å². The molecule has 7 nitrogen and oxygen atoms in total. The Morgan fingerprint density at radius 2 is 1.97 bits per heavy atom. The molecule has 2 heterocycles. The largest absolute Gasteiger partial charge is 0.486 e. The minimum absolute atomic E-state index is 0.00565. The maximum absolute atomic E-state index is 13.0. The Labute approximate surface area is 194 Å². The average molecular weight is 466 g/mol. The molecule has 0 amide bonds. The lowest BCUT2D eigenvalue weighted by Gasteiger charge is -2.47. The van der Waals surface area contributed by atoms with Crippen molar-refractivity contribution >= 4 is 21.5 Å². The highest BCUT2D eigenvalue weighted by Gasteiger charge is 2.44. The van der Waals surface area contributed by atoms with Crippen LogP contribution in [0, 0.1) is 11.3 Å². The number of piperidine rings is 1. The van der Waals surface area contributed by atoms with E-state index >= 15 is 0 Å². The molecule has 1 spiro atoms. The maximum Gasteiger partial charge on any atom is 0.229 e. The van der Waals surface area contributed by atoms with E-state index in [-0.39, 0.29) is 5.78 Å². The Hall–Kier alpha value is -2.89. The first-order valence-corrected chi connectivity index (χ1v) is 13.3. The number of nitrogens with zero attached hydrogens (tertiary/aromatic N) is 2. The highest BCUT2D eigenvalue weighted by molar-refractivity contribution is 7.92. The number of fused-ring (bicyclic) bond motifs is 2. The average Bonchev–Trinajstić information content (AvgIpc) is 2.78. The van der Waals surface area contributed by atoms with Gasteiger partial charge in [0.2, 0.25) is 10.0 Å². The number of nitrogens with one attached hydrogen (secondary N) is 1. The summed E-state index contributed by atoms with van der Waals surface area (Å²) < 4.78 is 31.8. The summed E-state index contributed by atoms with van der Waals surface area (Å²) in [7, 11) is -3.41. The third kappa shape index (κ3) is 4.35. The Balaban J connectivity index is 1.31. The number of benzene rings is 2. The second-order valence-corrected chi connectivity index (χ2v) is 11.2. The quantitative estimate of drug-likeness (QED) is 0.740. The highest BCUT2D eigenvalue weighted by atomic mass is 32.2. The molecule has 5 rings (SSSR count). The smallest absolute Gasteiger partial charge is 0.229 e. The van der Waals surface area contributed by atoms with Crippen LogP contribution >= 0.6 is 0 Å². The van der Waals surface area contributed by atoms with Crippen molar-refractivity contribution in [2.24, 2.45) is 0 Å². The number of Topliss-reactive ketones (excluding diaryl/α,β-unsaturated/α-hetero) is 1. The van der Waals surface area contributed by atoms with Crippen LogP contribution in [0.15, 0.2) is 36.4 Å². The number of carbonyl (C=O) groups excluding carboxylic acids is 1. The van der Waals surface area contributed by atoms with Gasteiger partial charge in [0.15, 0.2) is 5.78 Å². The molecular formula is C25H27N3O4S. The number of sulfonamides is 1. The predicted octanol–water partition coefficient (Wildman–Crippen LogP) is 3.81. The summed E-state index contributed by atoms with van der Waals surface area (Å²) in [5.41, 5.74) is 3.62. The summed E-state index contributed by atoms with van der Waals surface area (Å²) in [6.07, 6.45) is 6.16. The van der Waals surface area contributed by atoms with Crippen molar-refractivity contribution in [2.75, 3.05) is 24.1 Å². The number of anilines is 1. The van der Waals surface area contributed by atoms with Crippen LogP contribution in [0.3, 0.4) is 0 Å². The van der Waals surface area contributed by atoms with Gasteiger partial charge < -0.3 is 4.74 Å². The highest BCUT2D eigenvalue weighted by Crippen LogP contribution is 2.43. The van der Waals surface area contributed by atoms with Gasteiger partial charge >= 0.3 is 0 Å². The zero-order valence-corrected chi connectivity index (χ0v) is 19.5. The topological polar surface area (TPSA) is 99.5 Å². The molecule has 1 saturated heterocycles. The first-order chi connectivity index (χ1) is 15.8. The number of aryl methyl sites for hydroxylation is 1. The molecule has 1 aliphatic carbocycles. The number of hydrogen-bond acceptors (Lipinski definition) is 6. The molecule has 0 radical (unpaired) electrons. The molecule has 3 aliphatic rings. The van der Waals surface area contributed by atoms with Crippen LogP contribution in [0.4, 0.5) is 5.69 Å². The van der Waals surface area contributed by atoms with E-state index < -0.39 is 15.6 Å². The lowest BCUT2D eigenvalue weighted by atomic mass is 9.80. The van der Waals surface area contributed by atoms with Crippen LogP contribution in [0.5, 0.6) is 5.75 Å². The molecule has 1 fully saturated rings. The van der Waals surface area contributed by atoms with Crippen LogP contribution < -0.4 is 9.46 Å². The normalized spacial score (nSPS) is 22.1. The molecule has 2 aliphatic heterocycles. The van der Waals surface area contributed by atoms with Crippen molar-refractivity contribution in [3.63, 3.8) is 0 Å². The minimum atomic E-state index is -3.41. The molecule has 1 N–H and O–H groups in total. The SMILES string of the molecule is CS(=O)(=O)Nc1ccc2c(c1)C(=O)CC1(CCN(C3CCCc4cc(C#N)ccc43)CC1)O2. The molecule has 2 aromatic carbocycles. The van der Waals surface area contributed by atoms with Crippen LogP contribution in [0.25, 0.3) is 0 Å². The van der Waals surface area contributed by atoms with Crippen LogP contribution in [-0.2, 0) is 16.4 Å². The van der Waals surface area contributed by atoms with Gasteiger partial charge in [-0.1, -0.05) is 6.07 Å². The molecule has 0 saturated carbocycles. The summed E-state index contributed by atoms with van der Waals surface area (Å²) in [5, 5.41) is 9.22. The molecule has 1 atom stereocenters. The van der Waals surface area contributed by atoms with Gasteiger partial charge in [0, 0.05) is 37.7 Å². The zero-order chi connectivity index (χ0) is 23.2. The first kappa shape index (κ1) is 21.9. The van der Waals surface area contributed by atoms with Gasteiger partial charge in [-0.25, -0.2) is 8.42 Å². The van der Waals surface area contributed by atoms with E-state index in [1.54, 1.807) is 18.2 Å². The fourth-order valence-electron chi connectivity index (χ4n) is 5.53. The van der Waals surface area contributed by atoms with Gasteiger partial charge in [-0.05, 0) is 60.7 Å². The van der Waals surface area contributed by atoms with Crippen molar-refractivity contribution in [1.82, 2.24) is 4.90 Å².